The summed E-state index contributed by atoms with van der Waals surface area (Å²) < 4.78 is 5.36. The van der Waals surface area contributed by atoms with E-state index < -0.39 is 0 Å². The molecule has 0 aliphatic carbocycles. The van der Waals surface area contributed by atoms with Gasteiger partial charge in [0.05, 0.1) is 26.0 Å². The Labute approximate surface area is 130 Å². The molecule has 2 rings (SSSR count). The first-order chi connectivity index (χ1) is 10.6. The molecule has 1 aromatic heterocycles. The first kappa shape index (κ1) is 16.3. The van der Waals surface area contributed by atoms with Gasteiger partial charge in [-0.15, -0.1) is 0 Å². The second kappa shape index (κ2) is 7.77. The van der Waals surface area contributed by atoms with Gasteiger partial charge in [-0.1, -0.05) is 18.2 Å². The van der Waals surface area contributed by atoms with Crippen molar-refractivity contribution in [2.24, 2.45) is 0 Å². The molecule has 5 nitrogen and oxygen atoms in total. The largest absolute Gasteiger partial charge is 0.467 e. The summed E-state index contributed by atoms with van der Waals surface area (Å²) in [5, 5.41) is 9.20. The lowest BCUT2D eigenvalue weighted by Crippen LogP contribution is -2.42. The van der Waals surface area contributed by atoms with Gasteiger partial charge < -0.3 is 14.4 Å². The van der Waals surface area contributed by atoms with Crippen LogP contribution in [-0.2, 0) is 11.3 Å². The summed E-state index contributed by atoms with van der Waals surface area (Å²) in [5.74, 6) is 0.695. The third kappa shape index (κ3) is 4.19. The van der Waals surface area contributed by atoms with E-state index in [4.69, 9.17) is 4.42 Å². The highest BCUT2D eigenvalue weighted by Gasteiger charge is 2.20. The number of benzene rings is 1. The maximum absolute atomic E-state index is 12.7. The summed E-state index contributed by atoms with van der Waals surface area (Å²) in [6.07, 6.45) is 1.60. The molecular weight excluding hydrogens is 280 g/mol. The van der Waals surface area contributed by atoms with Crippen molar-refractivity contribution in [3.63, 3.8) is 0 Å². The monoisotopic (exact) mass is 302 g/mol. The fourth-order valence-corrected chi connectivity index (χ4v) is 2.08. The Balaban J connectivity index is 2.15. The van der Waals surface area contributed by atoms with E-state index in [2.05, 4.69) is 0 Å². The number of para-hydroxylation sites is 1. The number of likely N-dealkylation sites (N-methyl/N-ethyl adjacent to an activating group) is 1. The van der Waals surface area contributed by atoms with Crippen LogP contribution in [0.15, 0.2) is 53.1 Å². The van der Waals surface area contributed by atoms with Gasteiger partial charge in [0.1, 0.15) is 5.76 Å². The minimum Gasteiger partial charge on any atom is -0.467 e. The van der Waals surface area contributed by atoms with Gasteiger partial charge in [-0.3, -0.25) is 9.69 Å². The van der Waals surface area contributed by atoms with E-state index in [1.54, 1.807) is 11.2 Å². The van der Waals surface area contributed by atoms with Crippen molar-refractivity contribution < 1.29 is 14.3 Å². The number of nitrogens with zero attached hydrogens (tertiary/aromatic N) is 2. The van der Waals surface area contributed by atoms with Crippen molar-refractivity contribution in [1.82, 2.24) is 4.90 Å². The summed E-state index contributed by atoms with van der Waals surface area (Å²) >= 11 is 0. The van der Waals surface area contributed by atoms with Gasteiger partial charge in [0.25, 0.3) is 0 Å². The number of carbonyl (C=O) groups is 1. The fourth-order valence-electron chi connectivity index (χ4n) is 2.08. The number of carbonyl (C=O) groups excluding carboxylic acids is 1. The van der Waals surface area contributed by atoms with Crippen LogP contribution >= 0.6 is 0 Å². The quantitative estimate of drug-likeness (QED) is 0.851. The topological polar surface area (TPSA) is 56.9 Å². The molecule has 0 aliphatic rings. The van der Waals surface area contributed by atoms with Crippen LogP contribution in [0, 0.1) is 0 Å². The third-order valence-electron chi connectivity index (χ3n) is 3.66. The van der Waals surface area contributed by atoms with Crippen molar-refractivity contribution in [2.75, 3.05) is 25.1 Å². The zero-order valence-corrected chi connectivity index (χ0v) is 13.0. The molecule has 0 saturated heterocycles. The molecular formula is C17H22N2O3. The van der Waals surface area contributed by atoms with Crippen molar-refractivity contribution in [1.29, 1.82) is 0 Å². The zero-order chi connectivity index (χ0) is 15.9. The first-order valence-electron chi connectivity index (χ1n) is 7.30. The van der Waals surface area contributed by atoms with Gasteiger partial charge in [0.2, 0.25) is 5.91 Å². The number of rotatable bonds is 7. The average Bonchev–Trinajstić information content (AvgIpc) is 3.05. The molecule has 118 valence electrons. The summed E-state index contributed by atoms with van der Waals surface area (Å²) in [7, 11) is 1.83. The molecule has 0 aliphatic heterocycles. The Bertz CT molecular complexity index is 569. The van der Waals surface area contributed by atoms with Gasteiger partial charge in [0, 0.05) is 11.7 Å². The highest BCUT2D eigenvalue weighted by Crippen LogP contribution is 2.18. The molecule has 1 aromatic carbocycles. The Morgan fingerprint density at radius 1 is 1.23 bits per heavy atom. The second-order valence-electron chi connectivity index (χ2n) is 5.34. The van der Waals surface area contributed by atoms with E-state index in [-0.39, 0.29) is 25.1 Å². The lowest BCUT2D eigenvalue weighted by atomic mass is 10.2. The van der Waals surface area contributed by atoms with Gasteiger partial charge in [-0.25, -0.2) is 0 Å². The van der Waals surface area contributed by atoms with Crippen LogP contribution in [-0.4, -0.2) is 42.2 Å². The van der Waals surface area contributed by atoms with Crippen LogP contribution in [0.1, 0.15) is 12.7 Å². The summed E-state index contributed by atoms with van der Waals surface area (Å²) in [6.45, 7) is 2.52. The predicted molar refractivity (Wildman–Crippen MR) is 85.5 cm³/mol. The van der Waals surface area contributed by atoms with E-state index in [1.165, 1.54) is 0 Å². The summed E-state index contributed by atoms with van der Waals surface area (Å²) in [5.41, 5.74) is 0.828. The number of anilines is 1. The summed E-state index contributed by atoms with van der Waals surface area (Å²) in [4.78, 5) is 16.2. The first-order valence-corrected chi connectivity index (χ1v) is 7.30. The molecule has 0 fully saturated rings. The molecule has 1 unspecified atom stereocenters. The zero-order valence-electron chi connectivity index (χ0n) is 13.0. The summed E-state index contributed by atoms with van der Waals surface area (Å²) in [6, 6.07) is 13.1. The Morgan fingerprint density at radius 2 is 1.95 bits per heavy atom. The van der Waals surface area contributed by atoms with Crippen molar-refractivity contribution in [3.8, 4) is 0 Å². The number of aliphatic hydroxyl groups excluding tert-OH is 1. The lowest BCUT2D eigenvalue weighted by molar-refractivity contribution is -0.120. The number of furan rings is 1. The van der Waals surface area contributed by atoms with Crippen LogP contribution in [0.5, 0.6) is 0 Å². The Hall–Kier alpha value is -2.11. The standard InChI is InChI=1S/C17H22N2O3/c1-14(13-20)18(2)12-17(21)19(11-16-9-6-10-22-16)15-7-4-3-5-8-15/h3-10,14,20H,11-13H2,1-2H3. The highest BCUT2D eigenvalue weighted by molar-refractivity contribution is 5.94. The van der Waals surface area contributed by atoms with E-state index in [9.17, 15) is 9.90 Å². The van der Waals surface area contributed by atoms with Gasteiger partial charge in [-0.2, -0.15) is 0 Å². The Morgan fingerprint density at radius 3 is 2.55 bits per heavy atom. The maximum Gasteiger partial charge on any atom is 0.241 e. The molecule has 0 radical (unpaired) electrons. The average molecular weight is 302 g/mol. The van der Waals surface area contributed by atoms with E-state index in [1.807, 2.05) is 61.3 Å². The number of hydrogen-bond acceptors (Lipinski definition) is 4. The number of hydrogen-bond donors (Lipinski definition) is 1. The van der Waals surface area contributed by atoms with Crippen molar-refractivity contribution in [2.45, 2.75) is 19.5 Å². The van der Waals surface area contributed by atoms with E-state index >= 15 is 0 Å². The Kier molecular flexibility index (Phi) is 5.75. The normalized spacial score (nSPS) is 12.4. The molecule has 0 spiro atoms. The minimum atomic E-state index is -0.0646. The molecule has 5 heteroatoms. The molecule has 1 N–H and O–H groups in total. The van der Waals surface area contributed by atoms with Crippen molar-refractivity contribution in [3.05, 3.63) is 54.5 Å². The molecule has 0 bridgehead atoms. The van der Waals surface area contributed by atoms with E-state index in [0.29, 0.717) is 6.54 Å². The van der Waals surface area contributed by atoms with Crippen molar-refractivity contribution >= 4 is 11.6 Å². The minimum absolute atomic E-state index is 0.0211. The third-order valence-corrected chi connectivity index (χ3v) is 3.66. The molecule has 1 amide bonds. The molecule has 0 saturated carbocycles. The van der Waals surface area contributed by atoms with Crippen LogP contribution < -0.4 is 4.90 Å². The molecule has 22 heavy (non-hydrogen) atoms. The molecule has 1 atom stereocenters. The highest BCUT2D eigenvalue weighted by atomic mass is 16.3. The fraction of sp³-hybridized carbons (Fsp3) is 0.353. The molecule has 2 aromatic rings. The van der Waals surface area contributed by atoms with Gasteiger partial charge in [0.15, 0.2) is 0 Å². The van der Waals surface area contributed by atoms with Crippen LogP contribution in [0.25, 0.3) is 0 Å². The number of aliphatic hydroxyl groups is 1. The van der Waals surface area contributed by atoms with E-state index in [0.717, 1.165) is 11.4 Å². The van der Waals surface area contributed by atoms with Crippen LogP contribution in [0.2, 0.25) is 0 Å². The van der Waals surface area contributed by atoms with Crippen LogP contribution in [0.3, 0.4) is 0 Å². The lowest BCUT2D eigenvalue weighted by Gasteiger charge is -2.27. The smallest absolute Gasteiger partial charge is 0.241 e. The number of amides is 1. The molecule has 1 heterocycles. The maximum atomic E-state index is 12.7. The van der Waals surface area contributed by atoms with Crippen LogP contribution in [0.4, 0.5) is 5.69 Å². The SMILES string of the molecule is CC(CO)N(C)CC(=O)N(Cc1ccco1)c1ccccc1. The van der Waals surface area contributed by atoms with Gasteiger partial charge in [-0.05, 0) is 38.2 Å². The van der Waals surface area contributed by atoms with Gasteiger partial charge >= 0.3 is 0 Å². The second-order valence-corrected chi connectivity index (χ2v) is 5.34. The predicted octanol–water partition coefficient (Wildman–Crippen LogP) is 2.13.